The Bertz CT molecular complexity index is 1280. The summed E-state index contributed by atoms with van der Waals surface area (Å²) in [6, 6.07) is 12.6. The van der Waals surface area contributed by atoms with Gasteiger partial charge >= 0.3 is 5.97 Å². The molecule has 0 bridgehead atoms. The molecule has 0 saturated carbocycles. The minimum atomic E-state index is -3.94. The Labute approximate surface area is 191 Å². The van der Waals surface area contributed by atoms with Crippen LogP contribution in [0, 0.1) is 11.3 Å². The summed E-state index contributed by atoms with van der Waals surface area (Å²) in [6.07, 6.45) is 2.27. The molecule has 4 rings (SSSR count). The van der Waals surface area contributed by atoms with Crippen molar-refractivity contribution in [2.75, 3.05) is 16.8 Å². The number of hydrogen-bond donors (Lipinski definition) is 1. The van der Waals surface area contributed by atoms with Gasteiger partial charge in [-0.3, -0.25) is 4.79 Å². The van der Waals surface area contributed by atoms with Crippen molar-refractivity contribution in [2.45, 2.75) is 43.6 Å². The summed E-state index contributed by atoms with van der Waals surface area (Å²) in [5.41, 5.74) is 1.42. The Kier molecular flexibility index (Phi) is 6.16. The van der Waals surface area contributed by atoms with Gasteiger partial charge in [0.25, 0.3) is 15.9 Å². The second kappa shape index (κ2) is 9.03. The molecule has 1 amide bonds. The van der Waals surface area contributed by atoms with E-state index in [1.807, 2.05) is 11.0 Å². The molecule has 0 radical (unpaired) electrons. The zero-order valence-corrected chi connectivity index (χ0v) is 18.8. The molecule has 33 heavy (non-hydrogen) atoms. The number of amidine groups is 1. The number of nitriles is 1. The molecular weight excluding hydrogens is 444 g/mol. The second-order valence-corrected chi connectivity index (χ2v) is 9.43. The molecular formula is C23H22N4O5S. The third-order valence-corrected chi connectivity index (χ3v) is 6.85. The first-order chi connectivity index (χ1) is 15.8. The first-order valence-electron chi connectivity index (χ1n) is 10.6. The molecule has 0 aliphatic carbocycles. The van der Waals surface area contributed by atoms with E-state index in [0.29, 0.717) is 35.7 Å². The highest BCUT2D eigenvalue weighted by Gasteiger charge is 2.32. The second-order valence-electron chi connectivity index (χ2n) is 7.85. The van der Waals surface area contributed by atoms with Crippen LogP contribution in [0.25, 0.3) is 0 Å². The summed E-state index contributed by atoms with van der Waals surface area (Å²) in [7, 11) is -3.94. The molecule has 1 fully saturated rings. The summed E-state index contributed by atoms with van der Waals surface area (Å²) in [4.78, 5) is 26.9. The number of benzene rings is 2. The van der Waals surface area contributed by atoms with Crippen molar-refractivity contribution in [1.29, 1.82) is 5.26 Å². The molecule has 1 unspecified atom stereocenters. The molecule has 2 aromatic carbocycles. The van der Waals surface area contributed by atoms with E-state index >= 15 is 0 Å². The number of nitrogens with zero attached hydrogens (tertiary/aromatic N) is 3. The van der Waals surface area contributed by atoms with Gasteiger partial charge in [-0.1, -0.05) is 6.42 Å². The van der Waals surface area contributed by atoms with E-state index in [-0.39, 0.29) is 10.5 Å². The van der Waals surface area contributed by atoms with E-state index in [2.05, 4.69) is 9.71 Å². The van der Waals surface area contributed by atoms with Crippen LogP contribution in [0.4, 0.5) is 11.4 Å². The lowest BCUT2D eigenvalue weighted by Crippen LogP contribution is -2.35. The first-order valence-corrected chi connectivity index (χ1v) is 12.0. The van der Waals surface area contributed by atoms with Gasteiger partial charge in [0.15, 0.2) is 6.10 Å². The Morgan fingerprint density at radius 1 is 1.15 bits per heavy atom. The molecule has 1 atom stereocenters. The summed E-state index contributed by atoms with van der Waals surface area (Å²) < 4.78 is 34.7. The van der Waals surface area contributed by atoms with Crippen molar-refractivity contribution < 1.29 is 22.7 Å². The van der Waals surface area contributed by atoms with Crippen LogP contribution in [0.5, 0.6) is 0 Å². The van der Waals surface area contributed by atoms with Crippen LogP contribution in [0.1, 0.15) is 48.5 Å². The molecule has 10 heteroatoms. The Balaban J connectivity index is 1.49. The molecule has 2 heterocycles. The van der Waals surface area contributed by atoms with Crippen LogP contribution in [0.3, 0.4) is 0 Å². The maximum atomic E-state index is 12.7. The van der Waals surface area contributed by atoms with E-state index in [1.54, 1.807) is 30.3 Å². The highest BCUT2D eigenvalue weighted by atomic mass is 32.2. The van der Waals surface area contributed by atoms with E-state index in [9.17, 15) is 18.0 Å². The van der Waals surface area contributed by atoms with Crippen LogP contribution >= 0.6 is 0 Å². The van der Waals surface area contributed by atoms with Gasteiger partial charge in [0.2, 0.25) is 0 Å². The summed E-state index contributed by atoms with van der Waals surface area (Å²) in [5.74, 6) is -0.845. The molecule has 2 aromatic rings. The molecule has 1 N–H and O–H groups in total. The highest BCUT2D eigenvalue weighted by molar-refractivity contribution is 7.90. The first kappa shape index (κ1) is 22.5. The van der Waals surface area contributed by atoms with Crippen molar-refractivity contribution in [3.8, 4) is 6.07 Å². The molecule has 0 aromatic heterocycles. The SMILES string of the molecule is CC(OC(=O)c1ccc2c(c1)S(=O)(=O)N=C1CCCCCN12)C(=O)Nc1ccc(C#N)cc1. The normalized spacial score (nSPS) is 17.3. The van der Waals surface area contributed by atoms with Gasteiger partial charge in [-0.2, -0.15) is 13.7 Å². The van der Waals surface area contributed by atoms with Gasteiger partial charge in [0.1, 0.15) is 10.7 Å². The average Bonchev–Trinajstić information content (AvgIpc) is 3.04. The average molecular weight is 467 g/mol. The van der Waals surface area contributed by atoms with Crippen LogP contribution in [-0.2, 0) is 19.6 Å². The smallest absolute Gasteiger partial charge is 0.338 e. The zero-order valence-electron chi connectivity index (χ0n) is 17.9. The van der Waals surface area contributed by atoms with Crippen molar-refractivity contribution in [3.63, 3.8) is 0 Å². The van der Waals surface area contributed by atoms with E-state index in [0.717, 1.165) is 19.3 Å². The monoisotopic (exact) mass is 466 g/mol. The van der Waals surface area contributed by atoms with Crippen LogP contribution in [-0.4, -0.2) is 38.8 Å². The third kappa shape index (κ3) is 4.73. The number of carbonyl (C=O) groups excluding carboxylic acids is 2. The minimum Gasteiger partial charge on any atom is -0.449 e. The fourth-order valence-corrected chi connectivity index (χ4v) is 5.05. The standard InChI is InChI=1S/C23H22N4O5S/c1-15(22(28)25-18-9-6-16(14-24)7-10-18)32-23(29)17-8-11-19-20(13-17)33(30,31)26-21-5-3-2-4-12-27(19)21/h6-11,13,15H,2-5,12H2,1H3,(H,25,28). The molecule has 1 saturated heterocycles. The van der Waals surface area contributed by atoms with Gasteiger partial charge in [-0.05, 0) is 62.2 Å². The van der Waals surface area contributed by atoms with Gasteiger partial charge in [-0.15, -0.1) is 4.40 Å². The number of hydrogen-bond acceptors (Lipinski definition) is 7. The molecule has 2 aliphatic heterocycles. The van der Waals surface area contributed by atoms with E-state index < -0.39 is 28.0 Å². The lowest BCUT2D eigenvalue weighted by atomic mass is 10.1. The van der Waals surface area contributed by atoms with Crippen LogP contribution < -0.4 is 10.2 Å². The minimum absolute atomic E-state index is 0.0174. The van der Waals surface area contributed by atoms with Gasteiger partial charge in [0, 0.05) is 18.7 Å². The summed E-state index contributed by atoms with van der Waals surface area (Å²) >= 11 is 0. The maximum absolute atomic E-state index is 12.7. The third-order valence-electron chi connectivity index (χ3n) is 5.52. The highest BCUT2D eigenvalue weighted by Crippen LogP contribution is 2.35. The van der Waals surface area contributed by atoms with Crippen molar-refractivity contribution in [3.05, 3.63) is 53.6 Å². The predicted octanol–water partition coefficient (Wildman–Crippen LogP) is 3.22. The summed E-state index contributed by atoms with van der Waals surface area (Å²) in [6.45, 7) is 2.08. The number of nitrogens with one attached hydrogen (secondary N) is 1. The van der Waals surface area contributed by atoms with Crippen molar-refractivity contribution in [1.82, 2.24) is 0 Å². The molecule has 170 valence electrons. The quantitative estimate of drug-likeness (QED) is 0.685. The lowest BCUT2D eigenvalue weighted by Gasteiger charge is -2.29. The topological polar surface area (TPSA) is 129 Å². The van der Waals surface area contributed by atoms with Crippen LogP contribution in [0.15, 0.2) is 51.8 Å². The number of amides is 1. The molecule has 0 spiro atoms. The molecule has 9 nitrogen and oxygen atoms in total. The molecule has 2 aliphatic rings. The van der Waals surface area contributed by atoms with E-state index in [1.165, 1.54) is 19.1 Å². The van der Waals surface area contributed by atoms with Crippen molar-refractivity contribution >= 4 is 39.1 Å². The van der Waals surface area contributed by atoms with E-state index in [4.69, 9.17) is 10.00 Å². The number of esters is 1. The number of anilines is 2. The zero-order chi connectivity index (χ0) is 23.6. The summed E-state index contributed by atoms with van der Waals surface area (Å²) in [5, 5.41) is 11.4. The number of fused-ring (bicyclic) bond motifs is 3. The van der Waals surface area contributed by atoms with Gasteiger partial charge < -0.3 is 15.0 Å². The number of ether oxygens (including phenoxy) is 1. The fourth-order valence-electron chi connectivity index (χ4n) is 3.76. The largest absolute Gasteiger partial charge is 0.449 e. The van der Waals surface area contributed by atoms with Crippen LogP contribution in [0.2, 0.25) is 0 Å². The number of sulfonamides is 1. The predicted molar refractivity (Wildman–Crippen MR) is 122 cm³/mol. The Morgan fingerprint density at radius 2 is 1.91 bits per heavy atom. The fraction of sp³-hybridized carbons (Fsp3) is 0.304. The lowest BCUT2D eigenvalue weighted by molar-refractivity contribution is -0.123. The van der Waals surface area contributed by atoms with Gasteiger partial charge in [0.05, 0.1) is 22.9 Å². The Hall–Kier alpha value is -3.71. The number of rotatable bonds is 4. The Morgan fingerprint density at radius 3 is 2.64 bits per heavy atom. The number of carbonyl (C=O) groups is 2. The maximum Gasteiger partial charge on any atom is 0.338 e. The van der Waals surface area contributed by atoms with Crippen molar-refractivity contribution in [2.24, 2.45) is 4.40 Å². The van der Waals surface area contributed by atoms with Gasteiger partial charge in [-0.25, -0.2) is 4.79 Å².